The van der Waals surface area contributed by atoms with Gasteiger partial charge in [0.05, 0.1) is 12.0 Å². The van der Waals surface area contributed by atoms with Crippen LogP contribution in [0, 0.1) is 11.3 Å². The zero-order valence-electron chi connectivity index (χ0n) is 13.2. The summed E-state index contributed by atoms with van der Waals surface area (Å²) in [5.74, 6) is 0.672. The molecule has 0 spiro atoms. The van der Waals surface area contributed by atoms with Gasteiger partial charge in [-0.3, -0.25) is 0 Å². The minimum atomic E-state index is -0.0930. The fraction of sp³-hybridized carbons (Fsp3) is 0.529. The summed E-state index contributed by atoms with van der Waals surface area (Å²) in [5.41, 5.74) is 1.10. The lowest BCUT2D eigenvalue weighted by Gasteiger charge is -2.48. The average Bonchev–Trinajstić information content (AvgIpc) is 2.54. The fourth-order valence-corrected chi connectivity index (χ4v) is 3.18. The normalized spacial score (nSPS) is 26.9. The van der Waals surface area contributed by atoms with Crippen LogP contribution in [0.1, 0.15) is 24.8 Å². The van der Waals surface area contributed by atoms with Gasteiger partial charge in [-0.1, -0.05) is 6.07 Å². The van der Waals surface area contributed by atoms with E-state index in [1.54, 1.807) is 6.34 Å². The number of aliphatic imine (C=N–C) groups is 1. The maximum absolute atomic E-state index is 9.53. The first kappa shape index (κ1) is 14.9. The molecule has 0 aliphatic carbocycles. The predicted octanol–water partition coefficient (Wildman–Crippen LogP) is 2.40. The van der Waals surface area contributed by atoms with Gasteiger partial charge in [-0.05, 0) is 31.4 Å². The van der Waals surface area contributed by atoms with Crippen molar-refractivity contribution >= 4 is 12.0 Å². The zero-order chi connectivity index (χ0) is 15.6. The van der Waals surface area contributed by atoms with Gasteiger partial charge in [0, 0.05) is 33.7 Å². The van der Waals surface area contributed by atoms with E-state index in [1.807, 2.05) is 37.2 Å². The number of rotatable bonds is 4. The Kier molecular flexibility index (Phi) is 4.04. The van der Waals surface area contributed by atoms with Crippen molar-refractivity contribution in [3.63, 3.8) is 0 Å². The maximum atomic E-state index is 9.53. The third kappa shape index (κ3) is 2.93. The summed E-state index contributed by atoms with van der Waals surface area (Å²) < 4.78 is 6.36. The highest BCUT2D eigenvalue weighted by molar-refractivity contribution is 5.67. The quantitative estimate of drug-likeness (QED) is 0.632. The van der Waals surface area contributed by atoms with Gasteiger partial charge in [0.1, 0.15) is 23.0 Å². The van der Waals surface area contributed by atoms with Gasteiger partial charge < -0.3 is 14.5 Å². The minimum absolute atomic E-state index is 0.0930. The van der Waals surface area contributed by atoms with Crippen LogP contribution < -0.4 is 4.74 Å². The summed E-state index contributed by atoms with van der Waals surface area (Å²) in [6, 6.07) is 7.92. The van der Waals surface area contributed by atoms with Crippen LogP contribution in [-0.4, -0.2) is 55.5 Å². The van der Waals surface area contributed by atoms with Crippen molar-refractivity contribution < 1.29 is 4.74 Å². The molecule has 5 heteroatoms. The Bertz CT molecular complexity index is 596. The summed E-state index contributed by atoms with van der Waals surface area (Å²) in [4.78, 5) is 8.71. The SMILES string of the molecule is CN(C)C=Nc1cccc(OC23CCN(CC2)CC3)c1C#N. The Labute approximate surface area is 131 Å². The van der Waals surface area contributed by atoms with E-state index >= 15 is 0 Å². The number of fused-ring (bicyclic) bond motifs is 3. The van der Waals surface area contributed by atoms with Crippen LogP contribution in [0.5, 0.6) is 5.75 Å². The molecule has 0 radical (unpaired) electrons. The summed E-state index contributed by atoms with van der Waals surface area (Å²) >= 11 is 0. The summed E-state index contributed by atoms with van der Waals surface area (Å²) in [6.45, 7) is 3.29. The van der Waals surface area contributed by atoms with Gasteiger partial charge in [-0.25, -0.2) is 4.99 Å². The lowest BCUT2D eigenvalue weighted by molar-refractivity contribution is -0.0512. The van der Waals surface area contributed by atoms with Gasteiger partial charge in [0.15, 0.2) is 0 Å². The highest BCUT2D eigenvalue weighted by Gasteiger charge is 2.41. The molecule has 1 aromatic rings. The number of benzene rings is 1. The Hall–Kier alpha value is -2.06. The molecule has 0 unspecified atom stereocenters. The zero-order valence-corrected chi connectivity index (χ0v) is 13.2. The molecule has 3 heterocycles. The van der Waals surface area contributed by atoms with E-state index in [-0.39, 0.29) is 5.60 Å². The molecule has 3 aliphatic heterocycles. The van der Waals surface area contributed by atoms with Crippen molar-refractivity contribution in [2.24, 2.45) is 4.99 Å². The molecule has 3 saturated heterocycles. The number of hydrogen-bond acceptors (Lipinski definition) is 4. The van der Waals surface area contributed by atoms with Crippen molar-refractivity contribution in [2.45, 2.75) is 24.9 Å². The van der Waals surface area contributed by atoms with Crippen molar-refractivity contribution in [1.82, 2.24) is 9.80 Å². The molecular weight excluding hydrogens is 276 g/mol. The van der Waals surface area contributed by atoms with Gasteiger partial charge in [-0.2, -0.15) is 5.26 Å². The molecular formula is C17H22N4O. The Morgan fingerprint density at radius 1 is 1.27 bits per heavy atom. The van der Waals surface area contributed by atoms with Crippen molar-refractivity contribution in [3.8, 4) is 11.8 Å². The van der Waals surface area contributed by atoms with E-state index in [0.717, 1.165) is 38.9 Å². The second kappa shape index (κ2) is 5.98. The highest BCUT2D eigenvalue weighted by Crippen LogP contribution is 2.38. The molecule has 5 nitrogen and oxygen atoms in total. The summed E-state index contributed by atoms with van der Waals surface area (Å²) in [7, 11) is 3.81. The molecule has 3 aliphatic rings. The van der Waals surface area contributed by atoms with E-state index < -0.39 is 0 Å². The van der Waals surface area contributed by atoms with Crippen LogP contribution >= 0.6 is 0 Å². The minimum Gasteiger partial charge on any atom is -0.486 e. The third-order valence-electron chi connectivity index (χ3n) is 4.52. The molecule has 0 amide bonds. The number of hydrogen-bond donors (Lipinski definition) is 0. The van der Waals surface area contributed by atoms with Crippen LogP contribution in [0.15, 0.2) is 23.2 Å². The highest BCUT2D eigenvalue weighted by atomic mass is 16.5. The van der Waals surface area contributed by atoms with E-state index in [1.165, 1.54) is 0 Å². The molecule has 4 rings (SSSR count). The van der Waals surface area contributed by atoms with Crippen LogP contribution in [0.3, 0.4) is 0 Å². The van der Waals surface area contributed by atoms with E-state index in [0.29, 0.717) is 17.0 Å². The first-order valence-electron chi connectivity index (χ1n) is 7.77. The molecule has 0 saturated carbocycles. The van der Waals surface area contributed by atoms with Crippen molar-refractivity contribution in [2.75, 3.05) is 33.7 Å². The lowest BCUT2D eigenvalue weighted by atomic mass is 9.83. The second-order valence-corrected chi connectivity index (χ2v) is 6.35. The predicted molar refractivity (Wildman–Crippen MR) is 86.6 cm³/mol. The average molecular weight is 298 g/mol. The van der Waals surface area contributed by atoms with Gasteiger partial charge in [-0.15, -0.1) is 0 Å². The monoisotopic (exact) mass is 298 g/mol. The van der Waals surface area contributed by atoms with Crippen LogP contribution in [0.4, 0.5) is 5.69 Å². The molecule has 0 N–H and O–H groups in total. The van der Waals surface area contributed by atoms with Gasteiger partial charge in [0.2, 0.25) is 0 Å². The molecule has 0 aromatic heterocycles. The molecule has 22 heavy (non-hydrogen) atoms. The van der Waals surface area contributed by atoms with Crippen molar-refractivity contribution in [3.05, 3.63) is 23.8 Å². The van der Waals surface area contributed by atoms with E-state index in [4.69, 9.17) is 4.74 Å². The lowest BCUT2D eigenvalue weighted by Crippen LogP contribution is -2.55. The van der Waals surface area contributed by atoms with E-state index in [9.17, 15) is 5.26 Å². The first-order valence-corrected chi connectivity index (χ1v) is 7.77. The molecule has 3 fully saturated rings. The third-order valence-corrected chi connectivity index (χ3v) is 4.52. The van der Waals surface area contributed by atoms with Crippen LogP contribution in [0.2, 0.25) is 0 Å². The van der Waals surface area contributed by atoms with Crippen LogP contribution in [0.25, 0.3) is 0 Å². The smallest absolute Gasteiger partial charge is 0.140 e. The Morgan fingerprint density at radius 3 is 2.55 bits per heavy atom. The number of ether oxygens (including phenoxy) is 1. The number of nitrogens with zero attached hydrogens (tertiary/aromatic N) is 4. The van der Waals surface area contributed by atoms with E-state index in [2.05, 4.69) is 16.0 Å². The summed E-state index contributed by atoms with van der Waals surface area (Å²) in [5, 5.41) is 9.53. The topological polar surface area (TPSA) is 51.9 Å². The Morgan fingerprint density at radius 2 is 1.95 bits per heavy atom. The number of piperidine rings is 3. The molecule has 2 bridgehead atoms. The largest absolute Gasteiger partial charge is 0.486 e. The number of nitriles is 1. The van der Waals surface area contributed by atoms with Crippen molar-refractivity contribution in [1.29, 1.82) is 5.26 Å². The second-order valence-electron chi connectivity index (χ2n) is 6.35. The molecule has 116 valence electrons. The molecule has 1 aromatic carbocycles. The standard InChI is InChI=1S/C17H22N4O/c1-20(2)13-19-15-4-3-5-16(14(15)12-18)22-17-6-9-21(10-7-17)11-8-17/h3-5,13H,6-11H2,1-2H3. The van der Waals surface area contributed by atoms with Gasteiger partial charge in [0.25, 0.3) is 0 Å². The fourth-order valence-electron chi connectivity index (χ4n) is 3.18. The first-order chi connectivity index (χ1) is 10.6. The maximum Gasteiger partial charge on any atom is 0.140 e. The molecule has 0 atom stereocenters. The van der Waals surface area contributed by atoms with Crippen LogP contribution in [-0.2, 0) is 0 Å². The van der Waals surface area contributed by atoms with Gasteiger partial charge >= 0.3 is 0 Å². The Balaban J connectivity index is 1.87. The summed E-state index contributed by atoms with van der Waals surface area (Å²) in [6.07, 6.45) is 4.84.